The van der Waals surface area contributed by atoms with Crippen molar-refractivity contribution < 1.29 is 39.4 Å². The first kappa shape index (κ1) is 22.8. The number of hydrogen-bond donors (Lipinski definition) is 3. The van der Waals surface area contributed by atoms with Gasteiger partial charge in [-0.15, -0.1) is 11.8 Å². The van der Waals surface area contributed by atoms with E-state index in [9.17, 15) is 15.3 Å². The number of benzene rings is 2. The Morgan fingerprint density at radius 1 is 0.960 bits per heavy atom. The Hall–Kier alpha value is -2.19. The van der Waals surface area contributed by atoms with Gasteiger partial charge in [-0.3, -0.25) is 4.99 Å². The molecule has 3 N–H and O–H groups in total. The van der Waals surface area contributed by atoms with E-state index in [1.54, 1.807) is 36.7 Å². The summed E-state index contributed by atoms with van der Waals surface area (Å²) in [5, 5.41) is 29.2. The van der Waals surface area contributed by atoms with Crippen LogP contribution < -0.4 is 0 Å². The second kappa shape index (κ2) is 11.4. The van der Waals surface area contributed by atoms with Gasteiger partial charge in [-0.1, -0.05) is 12.1 Å². The summed E-state index contributed by atoms with van der Waals surface area (Å²) in [4.78, 5) is 8.38. The van der Waals surface area contributed by atoms with Crippen molar-refractivity contribution in [3.8, 4) is 17.2 Å². The maximum atomic E-state index is 9.68. The van der Waals surface area contributed by atoms with E-state index in [0.717, 1.165) is 0 Å². The van der Waals surface area contributed by atoms with Crippen LogP contribution in [0.5, 0.6) is 17.2 Å². The van der Waals surface area contributed by atoms with Crippen LogP contribution in [0, 0.1) is 0 Å². The maximum Gasteiger partial charge on any atom is 4.00 e. The molecule has 0 aromatic heterocycles. The average molecular weight is 395 g/mol. The zero-order valence-corrected chi connectivity index (χ0v) is 15.5. The van der Waals surface area contributed by atoms with Gasteiger partial charge in [0.15, 0.2) is 0 Å². The monoisotopic (exact) mass is 395 g/mol. The summed E-state index contributed by atoms with van der Waals surface area (Å²) in [5.74, 6) is 0.104. The molecule has 1 radical (unpaired) electrons. The number of rotatable bonds is 5. The van der Waals surface area contributed by atoms with Crippen molar-refractivity contribution >= 4 is 24.2 Å². The molecule has 0 bridgehead atoms. The Morgan fingerprint density at radius 2 is 1.64 bits per heavy atom. The molecule has 0 atom stereocenters. The molecule has 0 unspecified atom stereocenters. The van der Waals surface area contributed by atoms with Crippen LogP contribution >= 0.6 is 11.8 Å². The van der Waals surface area contributed by atoms with Gasteiger partial charge in [0.25, 0.3) is 0 Å². The smallest absolute Gasteiger partial charge is 2.00 e. The summed E-state index contributed by atoms with van der Waals surface area (Å²) >= 11 is 1.40. The summed E-state index contributed by atoms with van der Waals surface area (Å²) in [6, 6.07) is 11.2. The van der Waals surface area contributed by atoms with E-state index in [4.69, 9.17) is 0 Å². The van der Waals surface area contributed by atoms with E-state index in [1.165, 1.54) is 30.1 Å². The number of phenolic OH excluding ortho intramolecular Hbond substituents is 3. The van der Waals surface area contributed by atoms with Gasteiger partial charge >= 0.3 is 18.6 Å². The van der Waals surface area contributed by atoms with Crippen molar-refractivity contribution in [3.05, 3.63) is 64.8 Å². The summed E-state index contributed by atoms with van der Waals surface area (Å²) < 4.78 is 0. The van der Waals surface area contributed by atoms with Crippen molar-refractivity contribution in [2.24, 2.45) is 9.98 Å². The molecule has 2 aromatic carbocycles. The van der Waals surface area contributed by atoms with Crippen LogP contribution in [0.15, 0.2) is 63.7 Å². The van der Waals surface area contributed by atoms with Gasteiger partial charge < -0.3 is 20.8 Å². The van der Waals surface area contributed by atoms with Crippen molar-refractivity contribution in [1.82, 2.24) is 0 Å². The first-order valence-corrected chi connectivity index (χ1v) is 7.94. The van der Waals surface area contributed by atoms with E-state index in [1.807, 2.05) is 12.3 Å². The molecule has 0 saturated carbocycles. The summed E-state index contributed by atoms with van der Waals surface area (Å²) in [5.41, 5.74) is 1.11. The number of phenols is 3. The van der Waals surface area contributed by atoms with Crippen molar-refractivity contribution in [2.75, 3.05) is 6.26 Å². The molecule has 0 aliphatic carbocycles. The summed E-state index contributed by atoms with van der Waals surface area (Å²) in [7, 11) is 0. The molecule has 127 valence electrons. The van der Waals surface area contributed by atoms with E-state index in [2.05, 4.69) is 9.98 Å². The number of para-hydroxylation sites is 1. The van der Waals surface area contributed by atoms with Gasteiger partial charge in [-0.2, -0.15) is 0 Å². The number of thioether (sulfide) groups is 1. The standard InChI is InChI=1S/C17H16N2O3S.O.V/c1-23-17(19-10-12-4-2-3-5-15(12)21)11-18-9-13-6-7-14(20)8-16(13)22;;/h2-11,20-22H,1H3;;/q;-2;+4/b17-11+,18-9?,19-10+;;. The minimum Gasteiger partial charge on any atom is -2.00 e. The SMILES string of the molecule is CSC(=C/N=Cc1ccc(O)cc1O)/N=C/c1ccccc1O.[O-2].[V+4]. The Morgan fingerprint density at radius 3 is 2.28 bits per heavy atom. The fraction of sp³-hybridized carbons (Fsp3) is 0.0588. The van der Waals surface area contributed by atoms with Crippen LogP contribution in [0.25, 0.3) is 0 Å². The normalized spacial score (nSPS) is 11.3. The molecule has 0 fully saturated rings. The van der Waals surface area contributed by atoms with Crippen LogP contribution in [0.3, 0.4) is 0 Å². The number of aromatic hydroxyl groups is 3. The van der Waals surface area contributed by atoms with Crippen LogP contribution in [0.1, 0.15) is 11.1 Å². The molecule has 8 heteroatoms. The zero-order chi connectivity index (χ0) is 16.7. The van der Waals surface area contributed by atoms with Crippen molar-refractivity contribution in [1.29, 1.82) is 0 Å². The Balaban J connectivity index is 0.00000288. The van der Waals surface area contributed by atoms with E-state index in [0.29, 0.717) is 16.2 Å². The van der Waals surface area contributed by atoms with Crippen LogP contribution in [0.2, 0.25) is 0 Å². The summed E-state index contributed by atoms with van der Waals surface area (Å²) in [6.45, 7) is 0. The molecule has 25 heavy (non-hydrogen) atoms. The minimum atomic E-state index is -0.0504. The third-order valence-corrected chi connectivity index (χ3v) is 3.52. The van der Waals surface area contributed by atoms with Crippen LogP contribution in [0.4, 0.5) is 0 Å². The zero-order valence-electron chi connectivity index (χ0n) is 13.3. The number of nitrogens with zero attached hydrogens (tertiary/aromatic N) is 2. The Kier molecular flexibility index (Phi) is 10.4. The predicted molar refractivity (Wildman–Crippen MR) is 95.4 cm³/mol. The van der Waals surface area contributed by atoms with Gasteiger partial charge in [-0.05, 0) is 30.5 Å². The van der Waals surface area contributed by atoms with Gasteiger partial charge in [0.2, 0.25) is 0 Å². The third kappa shape index (κ3) is 7.07. The molecule has 0 aliphatic rings. The maximum absolute atomic E-state index is 9.68. The molecule has 0 aliphatic heterocycles. The van der Waals surface area contributed by atoms with Gasteiger partial charge in [-0.25, -0.2) is 4.99 Å². The number of hydrogen-bond acceptors (Lipinski definition) is 6. The first-order chi connectivity index (χ1) is 11.1. The van der Waals surface area contributed by atoms with E-state index < -0.39 is 0 Å². The quantitative estimate of drug-likeness (QED) is 0.674. The van der Waals surface area contributed by atoms with E-state index >= 15 is 0 Å². The average Bonchev–Trinajstić information content (AvgIpc) is 2.54. The van der Waals surface area contributed by atoms with Gasteiger partial charge in [0, 0.05) is 29.6 Å². The molecule has 0 spiro atoms. The number of aliphatic imine (C=N–C) groups is 2. The first-order valence-electron chi connectivity index (χ1n) is 6.71. The topological polar surface area (TPSA) is 114 Å². The second-order valence-electron chi connectivity index (χ2n) is 4.51. The third-order valence-electron chi connectivity index (χ3n) is 2.89. The fourth-order valence-electron chi connectivity index (χ4n) is 1.69. The molecule has 2 aromatic rings. The largest absolute Gasteiger partial charge is 4.00 e. The Labute approximate surface area is 161 Å². The molecular weight excluding hydrogens is 379 g/mol. The second-order valence-corrected chi connectivity index (χ2v) is 5.34. The van der Waals surface area contributed by atoms with Crippen molar-refractivity contribution in [2.45, 2.75) is 0 Å². The molecule has 0 heterocycles. The van der Waals surface area contributed by atoms with E-state index in [-0.39, 0.29) is 41.3 Å². The predicted octanol–water partition coefficient (Wildman–Crippen LogP) is 3.38. The van der Waals surface area contributed by atoms with Crippen LogP contribution in [-0.2, 0) is 24.0 Å². The van der Waals surface area contributed by atoms with Gasteiger partial charge in [0.05, 0.1) is 6.20 Å². The molecular formula is C17H16N2O4SV+2. The minimum absolute atomic E-state index is 0. The van der Waals surface area contributed by atoms with Crippen molar-refractivity contribution in [3.63, 3.8) is 0 Å². The molecule has 0 amide bonds. The molecule has 0 saturated heterocycles. The molecule has 6 nitrogen and oxygen atoms in total. The molecule has 2 rings (SSSR count). The fourth-order valence-corrected chi connectivity index (χ4v) is 2.02. The van der Waals surface area contributed by atoms with Crippen LogP contribution in [-0.4, -0.2) is 34.0 Å². The summed E-state index contributed by atoms with van der Waals surface area (Å²) in [6.07, 6.45) is 6.45. The van der Waals surface area contributed by atoms with Gasteiger partial charge in [0.1, 0.15) is 22.3 Å². The Bertz CT molecular complexity index is 779.